The molecule has 0 atom stereocenters. The number of nitrogens with zero attached hydrogens (tertiary/aromatic N) is 2. The highest BCUT2D eigenvalue weighted by atomic mass is 16.4. The second-order valence-electron chi connectivity index (χ2n) is 5.53. The van der Waals surface area contributed by atoms with Crippen molar-refractivity contribution in [3.63, 3.8) is 0 Å². The molecular formula is C18H20N2O3. The Labute approximate surface area is 135 Å². The number of hydrogen-bond acceptors (Lipinski definition) is 3. The molecule has 120 valence electrons. The molecule has 0 aliphatic heterocycles. The van der Waals surface area contributed by atoms with Crippen LogP contribution < -0.4 is 0 Å². The summed E-state index contributed by atoms with van der Waals surface area (Å²) in [6, 6.07) is 11.5. The van der Waals surface area contributed by atoms with E-state index in [1.54, 1.807) is 6.20 Å². The fourth-order valence-corrected chi connectivity index (χ4v) is 2.41. The lowest BCUT2D eigenvalue weighted by Crippen LogP contribution is -2.38. The highest BCUT2D eigenvalue weighted by Gasteiger charge is 2.21. The monoisotopic (exact) mass is 312 g/mol. The number of aliphatic carboxylic acids is 1. The quantitative estimate of drug-likeness (QED) is 0.889. The van der Waals surface area contributed by atoms with E-state index in [4.69, 9.17) is 5.11 Å². The summed E-state index contributed by atoms with van der Waals surface area (Å²) >= 11 is 0. The molecule has 0 aliphatic carbocycles. The molecule has 0 saturated heterocycles. The summed E-state index contributed by atoms with van der Waals surface area (Å²) < 4.78 is 0. The van der Waals surface area contributed by atoms with Crippen molar-refractivity contribution in [2.75, 3.05) is 13.1 Å². The largest absolute Gasteiger partial charge is 0.480 e. The van der Waals surface area contributed by atoms with Crippen molar-refractivity contribution in [3.8, 4) is 0 Å². The topological polar surface area (TPSA) is 70.5 Å². The van der Waals surface area contributed by atoms with Crippen LogP contribution in [0.5, 0.6) is 0 Å². The normalized spacial score (nSPS) is 10.3. The number of benzene rings is 1. The van der Waals surface area contributed by atoms with E-state index in [0.717, 1.165) is 16.7 Å². The first kappa shape index (κ1) is 16.7. The lowest BCUT2D eigenvalue weighted by atomic mass is 10.1. The van der Waals surface area contributed by atoms with Gasteiger partial charge in [0.2, 0.25) is 0 Å². The predicted molar refractivity (Wildman–Crippen MR) is 87.4 cm³/mol. The number of carbonyl (C=O) groups is 2. The van der Waals surface area contributed by atoms with E-state index in [1.165, 1.54) is 4.90 Å². The number of aromatic nitrogens is 1. The summed E-state index contributed by atoms with van der Waals surface area (Å²) in [4.78, 5) is 29.2. The van der Waals surface area contributed by atoms with Crippen LogP contribution in [0.25, 0.3) is 0 Å². The van der Waals surface area contributed by atoms with Crippen molar-refractivity contribution < 1.29 is 14.7 Å². The number of aryl methyl sites for hydroxylation is 2. The summed E-state index contributed by atoms with van der Waals surface area (Å²) in [7, 11) is 0. The predicted octanol–water partition coefficient (Wildman–Crippen LogP) is 2.47. The fraction of sp³-hybridized carbons (Fsp3) is 0.278. The number of amides is 1. The molecule has 0 fully saturated rings. The molecule has 0 spiro atoms. The van der Waals surface area contributed by atoms with Crippen molar-refractivity contribution in [2.45, 2.75) is 20.3 Å². The van der Waals surface area contributed by atoms with Gasteiger partial charge < -0.3 is 10.0 Å². The number of carbonyl (C=O) groups excluding carboxylic acids is 1. The third-order valence-corrected chi connectivity index (χ3v) is 3.54. The molecular weight excluding hydrogens is 292 g/mol. The zero-order chi connectivity index (χ0) is 16.8. The van der Waals surface area contributed by atoms with Gasteiger partial charge in [0, 0.05) is 12.7 Å². The highest BCUT2D eigenvalue weighted by Crippen LogP contribution is 2.11. The third-order valence-electron chi connectivity index (χ3n) is 3.54. The van der Waals surface area contributed by atoms with Gasteiger partial charge in [0.05, 0.1) is 0 Å². The summed E-state index contributed by atoms with van der Waals surface area (Å²) in [5.41, 5.74) is 3.09. The van der Waals surface area contributed by atoms with E-state index < -0.39 is 5.97 Å². The van der Waals surface area contributed by atoms with Crippen molar-refractivity contribution in [3.05, 3.63) is 65.0 Å². The van der Waals surface area contributed by atoms with Gasteiger partial charge in [-0.2, -0.15) is 0 Å². The second-order valence-corrected chi connectivity index (χ2v) is 5.53. The molecule has 0 bridgehead atoms. The van der Waals surface area contributed by atoms with Crippen LogP contribution in [0.4, 0.5) is 0 Å². The van der Waals surface area contributed by atoms with Crippen molar-refractivity contribution in [1.82, 2.24) is 9.88 Å². The highest BCUT2D eigenvalue weighted by molar-refractivity contribution is 5.95. The molecule has 0 aliphatic rings. The van der Waals surface area contributed by atoms with Gasteiger partial charge in [0.25, 0.3) is 5.91 Å². The van der Waals surface area contributed by atoms with Crippen LogP contribution in [0, 0.1) is 13.8 Å². The number of hydrogen-bond donors (Lipinski definition) is 1. The molecule has 0 radical (unpaired) electrons. The minimum atomic E-state index is -1.03. The molecule has 0 saturated carbocycles. The molecule has 2 rings (SSSR count). The summed E-state index contributed by atoms with van der Waals surface area (Å²) in [5.74, 6) is -1.38. The zero-order valence-electron chi connectivity index (χ0n) is 13.3. The number of rotatable bonds is 6. The van der Waals surface area contributed by atoms with E-state index in [-0.39, 0.29) is 12.5 Å². The van der Waals surface area contributed by atoms with Crippen LogP contribution in [-0.2, 0) is 11.2 Å². The Balaban J connectivity index is 2.16. The second kappa shape index (κ2) is 7.54. The van der Waals surface area contributed by atoms with Crippen molar-refractivity contribution in [1.29, 1.82) is 0 Å². The minimum Gasteiger partial charge on any atom is -0.480 e. The molecule has 1 aromatic heterocycles. The first-order chi connectivity index (χ1) is 11.0. The number of carboxylic acid groups (broad SMARTS) is 1. The first-order valence-electron chi connectivity index (χ1n) is 7.45. The average Bonchev–Trinajstić information content (AvgIpc) is 2.51. The van der Waals surface area contributed by atoms with Crippen molar-refractivity contribution in [2.24, 2.45) is 0 Å². The molecule has 1 aromatic carbocycles. The van der Waals surface area contributed by atoms with Gasteiger partial charge in [-0.15, -0.1) is 0 Å². The van der Waals surface area contributed by atoms with Gasteiger partial charge in [-0.1, -0.05) is 36.4 Å². The zero-order valence-corrected chi connectivity index (χ0v) is 13.3. The van der Waals surface area contributed by atoms with E-state index in [9.17, 15) is 9.59 Å². The lowest BCUT2D eigenvalue weighted by molar-refractivity contribution is -0.137. The Morgan fingerprint density at radius 1 is 1.17 bits per heavy atom. The standard InChI is InChI=1S/C18H20N2O3/c1-13-10-14(2)17(19-11-13)18(23)20(12-16(21)22)9-8-15-6-4-3-5-7-15/h3-7,10-11H,8-9,12H2,1-2H3,(H,21,22). The molecule has 5 heteroatoms. The third kappa shape index (κ3) is 4.64. The Bertz CT molecular complexity index is 699. The Morgan fingerprint density at radius 3 is 2.48 bits per heavy atom. The van der Waals surface area contributed by atoms with Crippen LogP contribution in [0.3, 0.4) is 0 Å². The number of pyridine rings is 1. The first-order valence-corrected chi connectivity index (χ1v) is 7.45. The summed E-state index contributed by atoms with van der Waals surface area (Å²) in [5, 5.41) is 9.08. The summed E-state index contributed by atoms with van der Waals surface area (Å²) in [6.45, 7) is 3.72. The molecule has 23 heavy (non-hydrogen) atoms. The molecule has 1 heterocycles. The van der Waals surface area contributed by atoms with Gasteiger partial charge in [-0.25, -0.2) is 0 Å². The van der Waals surface area contributed by atoms with Crippen LogP contribution >= 0.6 is 0 Å². The fourth-order valence-electron chi connectivity index (χ4n) is 2.41. The van der Waals surface area contributed by atoms with E-state index in [1.807, 2.05) is 50.2 Å². The van der Waals surface area contributed by atoms with E-state index in [0.29, 0.717) is 18.7 Å². The maximum atomic E-state index is 12.6. The van der Waals surface area contributed by atoms with Crippen molar-refractivity contribution >= 4 is 11.9 Å². The SMILES string of the molecule is Cc1cnc(C(=O)N(CCc2ccccc2)CC(=O)O)c(C)c1. The van der Waals surface area contributed by atoms with E-state index in [2.05, 4.69) is 4.98 Å². The lowest BCUT2D eigenvalue weighted by Gasteiger charge is -2.21. The molecule has 2 aromatic rings. The molecule has 5 nitrogen and oxygen atoms in total. The smallest absolute Gasteiger partial charge is 0.323 e. The van der Waals surface area contributed by atoms with Crippen LogP contribution in [-0.4, -0.2) is 40.0 Å². The van der Waals surface area contributed by atoms with Gasteiger partial charge in [-0.05, 0) is 37.0 Å². The Morgan fingerprint density at radius 2 is 1.87 bits per heavy atom. The Hall–Kier alpha value is -2.69. The van der Waals surface area contributed by atoms with Gasteiger partial charge >= 0.3 is 5.97 Å². The van der Waals surface area contributed by atoms with Crippen LogP contribution in [0.15, 0.2) is 42.6 Å². The van der Waals surface area contributed by atoms with Crippen LogP contribution in [0.2, 0.25) is 0 Å². The Kier molecular flexibility index (Phi) is 5.46. The molecule has 1 amide bonds. The molecule has 0 unspecified atom stereocenters. The van der Waals surface area contributed by atoms with Crippen LogP contribution in [0.1, 0.15) is 27.2 Å². The van der Waals surface area contributed by atoms with Gasteiger partial charge in [-0.3, -0.25) is 14.6 Å². The maximum absolute atomic E-state index is 12.6. The maximum Gasteiger partial charge on any atom is 0.323 e. The molecule has 1 N–H and O–H groups in total. The van der Waals surface area contributed by atoms with E-state index >= 15 is 0 Å². The average molecular weight is 312 g/mol. The minimum absolute atomic E-state index is 0.310. The van der Waals surface area contributed by atoms with Gasteiger partial charge in [0.1, 0.15) is 12.2 Å². The number of carboxylic acids is 1. The summed E-state index contributed by atoms with van der Waals surface area (Å²) in [6.07, 6.45) is 2.22. The van der Waals surface area contributed by atoms with Gasteiger partial charge in [0.15, 0.2) is 0 Å².